The highest BCUT2D eigenvalue weighted by atomic mass is 31.2. The molecule has 16 heteroatoms. The molecule has 0 bridgehead atoms. The number of carbonyl (C=O) groups excluding carboxylic acids is 2. The largest absolute Gasteiger partial charge is 0.525 e. The molecule has 4 rings (SSSR count). The summed E-state index contributed by atoms with van der Waals surface area (Å²) < 4.78 is 23.4. The van der Waals surface area contributed by atoms with Crippen LogP contribution in [0.2, 0.25) is 0 Å². The highest BCUT2D eigenvalue weighted by Gasteiger charge is 2.33. The second-order valence-electron chi connectivity index (χ2n) is 10.9. The highest BCUT2D eigenvalue weighted by Crippen LogP contribution is 2.43. The number of rotatable bonds is 14. The van der Waals surface area contributed by atoms with Crippen molar-refractivity contribution in [1.29, 1.82) is 0 Å². The smallest absolute Gasteiger partial charge is 0.448 e. The van der Waals surface area contributed by atoms with Crippen molar-refractivity contribution in [3.63, 3.8) is 0 Å². The van der Waals surface area contributed by atoms with Crippen molar-refractivity contribution >= 4 is 31.4 Å². The Kier molecular flexibility index (Phi) is 12.3. The Morgan fingerprint density at radius 1 is 1.11 bits per heavy atom. The van der Waals surface area contributed by atoms with E-state index < -0.39 is 31.6 Å². The van der Waals surface area contributed by atoms with Crippen LogP contribution in [0.25, 0.3) is 11.4 Å². The number of nitrogens with one attached hydrogen (secondary N) is 1. The Morgan fingerprint density at radius 3 is 2.49 bits per heavy atom. The molecule has 1 aromatic carbocycles. The van der Waals surface area contributed by atoms with Crippen molar-refractivity contribution in [3.05, 3.63) is 42.1 Å². The summed E-state index contributed by atoms with van der Waals surface area (Å²) in [6, 6.07) is 9.60. The second-order valence-corrected chi connectivity index (χ2v) is 12.8. The Morgan fingerprint density at radius 2 is 1.84 bits per heavy atom. The van der Waals surface area contributed by atoms with Gasteiger partial charge < -0.3 is 39.2 Å². The van der Waals surface area contributed by atoms with Gasteiger partial charge in [-0.15, -0.1) is 5.06 Å². The van der Waals surface area contributed by atoms with Crippen molar-refractivity contribution < 1.29 is 43.0 Å². The lowest BCUT2D eigenvalue weighted by atomic mass is 10.1. The van der Waals surface area contributed by atoms with E-state index in [1.807, 2.05) is 42.2 Å². The minimum atomic E-state index is -4.04. The topological polar surface area (TPSA) is 184 Å². The van der Waals surface area contributed by atoms with Crippen LogP contribution in [0.4, 0.5) is 10.6 Å². The molecule has 2 saturated heterocycles. The van der Waals surface area contributed by atoms with Gasteiger partial charge in [0.05, 0.1) is 32.0 Å². The van der Waals surface area contributed by atoms with E-state index in [0.29, 0.717) is 36.7 Å². The number of carboxylic acid groups (broad SMARTS) is 1. The lowest BCUT2D eigenvalue weighted by molar-refractivity contribution is -0.154. The molecular weight excluding hydrogens is 607 g/mol. The Bertz CT molecular complexity index is 1360. The van der Waals surface area contributed by atoms with Gasteiger partial charge in [0, 0.05) is 44.9 Å². The number of methoxy groups -OCH3 is 1. The third-order valence-electron chi connectivity index (χ3n) is 7.63. The quantitative estimate of drug-likeness (QED) is 0.201. The van der Waals surface area contributed by atoms with Gasteiger partial charge in [-0.2, -0.15) is 0 Å². The maximum Gasteiger partial charge on any atom is 0.525 e. The fourth-order valence-corrected chi connectivity index (χ4v) is 6.21. The second kappa shape index (κ2) is 16.1. The van der Waals surface area contributed by atoms with Gasteiger partial charge in [0.15, 0.2) is 5.82 Å². The first-order valence-electron chi connectivity index (χ1n) is 15.0. The van der Waals surface area contributed by atoms with Gasteiger partial charge in [-0.3, -0.25) is 14.2 Å². The number of hydrogen-bond donors (Lipinski definition) is 3. The number of amides is 2. The normalized spacial score (nSPS) is 19.1. The summed E-state index contributed by atoms with van der Waals surface area (Å²) in [6.07, 6.45) is 0.235. The van der Waals surface area contributed by atoms with Crippen molar-refractivity contribution in [2.75, 3.05) is 64.0 Å². The summed E-state index contributed by atoms with van der Waals surface area (Å²) in [5, 5.41) is 12.9. The van der Waals surface area contributed by atoms with Crippen molar-refractivity contribution in [2.24, 2.45) is 0 Å². The number of unbranched alkanes of at least 4 members (excludes halogenated alkanes) is 1. The van der Waals surface area contributed by atoms with Gasteiger partial charge in [-0.1, -0.05) is 43.7 Å². The molecule has 45 heavy (non-hydrogen) atoms. The molecular formula is C29H41N6O9P. The van der Waals surface area contributed by atoms with Crippen LogP contribution < -0.4 is 10.2 Å². The number of hydrogen-bond acceptors (Lipinski definition) is 11. The van der Waals surface area contributed by atoms with Crippen LogP contribution in [0.3, 0.4) is 0 Å². The number of ether oxygens (including phenoxy) is 1. The SMILES string of the molecule is CCCCOP(=O)(O)CC[C@H](NC(=O)c1cc(N2CC[C@H](OC)C2)nc(-c2ccccc2)n1)C(=O)N1CCN(OC(=O)O)CC1. The third-order valence-corrected chi connectivity index (χ3v) is 9.04. The van der Waals surface area contributed by atoms with Crippen LogP contribution in [-0.4, -0.2) is 119 Å². The molecule has 2 aromatic rings. The van der Waals surface area contributed by atoms with E-state index in [0.717, 1.165) is 12.8 Å². The number of carbonyl (C=O) groups is 3. The molecule has 1 unspecified atom stereocenters. The van der Waals surface area contributed by atoms with Crippen LogP contribution in [0, 0.1) is 0 Å². The number of hydroxylamine groups is 2. The fourth-order valence-electron chi connectivity index (χ4n) is 5.09. The minimum Gasteiger partial charge on any atom is -0.448 e. The summed E-state index contributed by atoms with van der Waals surface area (Å²) in [5.41, 5.74) is 0.735. The zero-order valence-electron chi connectivity index (χ0n) is 25.5. The van der Waals surface area contributed by atoms with Crippen molar-refractivity contribution in [1.82, 2.24) is 25.2 Å². The molecule has 2 amide bonds. The van der Waals surface area contributed by atoms with Crippen molar-refractivity contribution in [3.8, 4) is 11.4 Å². The first kappa shape index (κ1) is 34.3. The van der Waals surface area contributed by atoms with E-state index in [9.17, 15) is 23.8 Å². The summed E-state index contributed by atoms with van der Waals surface area (Å²) in [6.45, 7) is 3.82. The molecule has 3 atom stereocenters. The first-order valence-corrected chi connectivity index (χ1v) is 16.8. The molecule has 1 aromatic heterocycles. The lowest BCUT2D eigenvalue weighted by Crippen LogP contribution is -2.55. The van der Waals surface area contributed by atoms with Gasteiger partial charge >= 0.3 is 13.8 Å². The van der Waals surface area contributed by atoms with Gasteiger partial charge in [-0.25, -0.2) is 14.8 Å². The minimum absolute atomic E-state index is 0.0227. The standard InChI is InChI=1S/C29H41N6O9P/c1-3-4-17-43-45(40,41)18-11-23(28(37)33-13-15-35(16-14-33)44-29(38)39)31-27(36)24-19-25(34-12-10-22(20-34)42-2)32-26(30-24)21-8-6-5-7-9-21/h5-9,19,22-23H,3-4,10-18,20H2,1-2H3,(H,31,36)(H,38,39)(H,40,41)/t22-,23-/m0/s1. The number of aromatic nitrogens is 2. The van der Waals surface area contributed by atoms with E-state index in [1.165, 1.54) is 9.96 Å². The van der Waals surface area contributed by atoms with Crippen LogP contribution >= 0.6 is 7.60 Å². The highest BCUT2D eigenvalue weighted by molar-refractivity contribution is 7.52. The monoisotopic (exact) mass is 648 g/mol. The van der Waals surface area contributed by atoms with E-state index in [-0.39, 0.29) is 57.2 Å². The maximum atomic E-state index is 13.8. The maximum absolute atomic E-state index is 13.8. The zero-order chi connectivity index (χ0) is 32.4. The Labute approximate surface area is 262 Å². The third kappa shape index (κ3) is 9.93. The lowest BCUT2D eigenvalue weighted by Gasteiger charge is -2.35. The first-order chi connectivity index (χ1) is 21.6. The molecule has 15 nitrogen and oxygen atoms in total. The van der Waals surface area contributed by atoms with E-state index >= 15 is 0 Å². The average Bonchev–Trinajstić information content (AvgIpc) is 3.53. The van der Waals surface area contributed by atoms with Crippen LogP contribution in [0.5, 0.6) is 0 Å². The molecule has 2 aliphatic rings. The molecule has 2 fully saturated rings. The van der Waals surface area contributed by atoms with Gasteiger partial charge in [-0.05, 0) is 19.3 Å². The fraction of sp³-hybridized carbons (Fsp3) is 0.552. The summed E-state index contributed by atoms with van der Waals surface area (Å²) in [5.74, 6) is -0.257. The molecule has 2 aliphatic heterocycles. The molecule has 0 aliphatic carbocycles. The number of benzene rings is 1. The molecule has 3 N–H and O–H groups in total. The summed E-state index contributed by atoms with van der Waals surface area (Å²) >= 11 is 0. The average molecular weight is 649 g/mol. The van der Waals surface area contributed by atoms with Crippen molar-refractivity contribution in [2.45, 2.75) is 44.8 Å². The zero-order valence-corrected chi connectivity index (χ0v) is 26.4. The Balaban J connectivity index is 1.57. The van der Waals surface area contributed by atoms with E-state index in [4.69, 9.17) is 19.4 Å². The van der Waals surface area contributed by atoms with E-state index in [2.05, 4.69) is 15.1 Å². The molecule has 0 spiro atoms. The molecule has 246 valence electrons. The number of piperazine rings is 1. The Hall–Kier alpha value is -3.62. The van der Waals surface area contributed by atoms with Gasteiger partial charge in [0.1, 0.15) is 17.6 Å². The molecule has 3 heterocycles. The predicted molar refractivity (Wildman–Crippen MR) is 164 cm³/mol. The van der Waals surface area contributed by atoms with Crippen LogP contribution in [-0.2, 0) is 23.5 Å². The van der Waals surface area contributed by atoms with Gasteiger partial charge in [0.2, 0.25) is 5.91 Å². The summed E-state index contributed by atoms with van der Waals surface area (Å²) in [4.78, 5) is 66.1. The van der Waals surface area contributed by atoms with Gasteiger partial charge in [0.25, 0.3) is 5.91 Å². The molecule has 0 radical (unpaired) electrons. The number of anilines is 1. The van der Waals surface area contributed by atoms with Crippen LogP contribution in [0.15, 0.2) is 36.4 Å². The predicted octanol–water partition coefficient (Wildman–Crippen LogP) is 2.61. The van der Waals surface area contributed by atoms with E-state index in [1.54, 1.807) is 13.2 Å². The van der Waals surface area contributed by atoms with Crippen LogP contribution in [0.1, 0.15) is 43.1 Å². The molecule has 0 saturated carbocycles. The number of nitrogens with zero attached hydrogens (tertiary/aromatic N) is 5. The summed E-state index contributed by atoms with van der Waals surface area (Å²) in [7, 11) is -2.38.